The molecule has 1 N–H and O–H groups in total. The number of halogens is 2. The third-order valence-corrected chi connectivity index (χ3v) is 3.07. The molecule has 0 aliphatic heterocycles. The summed E-state index contributed by atoms with van der Waals surface area (Å²) in [4.78, 5) is 23.8. The predicted octanol–water partition coefficient (Wildman–Crippen LogP) is 2.34. The molecular weight excluding hydrogens is 273 g/mol. The topological polar surface area (TPSA) is 57.6 Å². The van der Waals surface area contributed by atoms with Crippen LogP contribution in [0.5, 0.6) is 0 Å². The SMILES string of the molecule is CCN(CCC(=O)O)C(=O)Cc1c(F)cccc1Cl. The number of benzene rings is 1. The Kier molecular flexibility index (Phi) is 5.76. The van der Waals surface area contributed by atoms with Crippen LogP contribution in [0.4, 0.5) is 4.39 Å². The smallest absolute Gasteiger partial charge is 0.305 e. The van der Waals surface area contributed by atoms with Gasteiger partial charge in [0.25, 0.3) is 0 Å². The Hall–Kier alpha value is -1.62. The second kappa shape index (κ2) is 7.09. The van der Waals surface area contributed by atoms with Crippen molar-refractivity contribution < 1.29 is 19.1 Å². The lowest BCUT2D eigenvalue weighted by Crippen LogP contribution is -2.34. The van der Waals surface area contributed by atoms with E-state index in [1.54, 1.807) is 6.92 Å². The Balaban J connectivity index is 2.74. The van der Waals surface area contributed by atoms with Gasteiger partial charge in [0.15, 0.2) is 0 Å². The minimum absolute atomic E-state index is 0.108. The second-order valence-corrected chi connectivity index (χ2v) is 4.40. The van der Waals surface area contributed by atoms with Gasteiger partial charge in [-0.25, -0.2) is 4.39 Å². The molecule has 0 spiro atoms. The molecule has 0 atom stereocenters. The molecule has 104 valence electrons. The van der Waals surface area contributed by atoms with E-state index >= 15 is 0 Å². The number of carbonyl (C=O) groups excluding carboxylic acids is 1. The summed E-state index contributed by atoms with van der Waals surface area (Å²) in [5.74, 6) is -1.85. The molecule has 1 aromatic carbocycles. The summed E-state index contributed by atoms with van der Waals surface area (Å²) in [5, 5.41) is 8.80. The molecule has 0 radical (unpaired) electrons. The number of hydrogen-bond donors (Lipinski definition) is 1. The average molecular weight is 288 g/mol. The molecule has 0 aliphatic carbocycles. The lowest BCUT2D eigenvalue weighted by atomic mass is 10.1. The molecule has 0 aliphatic rings. The fraction of sp³-hybridized carbons (Fsp3) is 0.385. The Labute approximate surface area is 115 Å². The first-order valence-electron chi connectivity index (χ1n) is 5.88. The molecule has 0 saturated heterocycles. The number of carboxylic acids is 1. The highest BCUT2D eigenvalue weighted by atomic mass is 35.5. The Morgan fingerprint density at radius 1 is 1.42 bits per heavy atom. The van der Waals surface area contributed by atoms with Gasteiger partial charge in [-0.15, -0.1) is 0 Å². The Morgan fingerprint density at radius 2 is 2.11 bits per heavy atom. The number of nitrogens with zero attached hydrogens (tertiary/aromatic N) is 1. The highest BCUT2D eigenvalue weighted by Gasteiger charge is 2.17. The maximum Gasteiger partial charge on any atom is 0.305 e. The molecule has 0 unspecified atom stereocenters. The average Bonchev–Trinajstić information content (AvgIpc) is 2.34. The summed E-state index contributed by atoms with van der Waals surface area (Å²) in [6.45, 7) is 2.22. The second-order valence-electron chi connectivity index (χ2n) is 3.99. The number of hydrogen-bond acceptors (Lipinski definition) is 2. The first-order valence-corrected chi connectivity index (χ1v) is 6.26. The van der Waals surface area contributed by atoms with E-state index in [0.717, 1.165) is 0 Å². The van der Waals surface area contributed by atoms with Gasteiger partial charge in [-0.3, -0.25) is 9.59 Å². The molecule has 0 aromatic heterocycles. The van der Waals surface area contributed by atoms with E-state index < -0.39 is 11.8 Å². The lowest BCUT2D eigenvalue weighted by molar-refractivity contribution is -0.138. The largest absolute Gasteiger partial charge is 0.481 e. The predicted molar refractivity (Wildman–Crippen MR) is 69.6 cm³/mol. The summed E-state index contributed by atoms with van der Waals surface area (Å²) in [5.41, 5.74) is 0.142. The summed E-state index contributed by atoms with van der Waals surface area (Å²) in [7, 11) is 0. The molecule has 6 heteroatoms. The highest BCUT2D eigenvalue weighted by Crippen LogP contribution is 2.20. The van der Waals surface area contributed by atoms with Crippen molar-refractivity contribution in [3.63, 3.8) is 0 Å². The van der Waals surface area contributed by atoms with Crippen molar-refractivity contribution in [2.45, 2.75) is 19.8 Å². The van der Waals surface area contributed by atoms with Crippen LogP contribution >= 0.6 is 11.6 Å². The van der Waals surface area contributed by atoms with Crippen LogP contribution < -0.4 is 0 Å². The van der Waals surface area contributed by atoms with Crippen molar-refractivity contribution in [3.05, 3.63) is 34.6 Å². The number of carboxylic acid groups (broad SMARTS) is 1. The van der Waals surface area contributed by atoms with Crippen LogP contribution in [0.15, 0.2) is 18.2 Å². The van der Waals surface area contributed by atoms with Crippen LogP contribution in [0.25, 0.3) is 0 Å². The molecule has 0 fully saturated rings. The number of likely N-dealkylation sites (N-methyl/N-ethyl adjacent to an activating group) is 1. The third-order valence-electron chi connectivity index (χ3n) is 2.72. The van der Waals surface area contributed by atoms with Gasteiger partial charge < -0.3 is 10.0 Å². The van der Waals surface area contributed by atoms with Crippen LogP contribution in [0, 0.1) is 5.82 Å². The first kappa shape index (κ1) is 15.4. The van der Waals surface area contributed by atoms with Crippen LogP contribution in [0.1, 0.15) is 18.9 Å². The zero-order valence-corrected chi connectivity index (χ0v) is 11.3. The monoisotopic (exact) mass is 287 g/mol. The summed E-state index contributed by atoms with van der Waals surface area (Å²) in [6, 6.07) is 4.22. The molecule has 0 saturated carbocycles. The molecule has 4 nitrogen and oxygen atoms in total. The molecule has 19 heavy (non-hydrogen) atoms. The third kappa shape index (κ3) is 4.52. The van der Waals surface area contributed by atoms with Crippen molar-refractivity contribution in [2.75, 3.05) is 13.1 Å². The van der Waals surface area contributed by atoms with E-state index in [9.17, 15) is 14.0 Å². The quantitative estimate of drug-likeness (QED) is 0.874. The minimum Gasteiger partial charge on any atom is -0.481 e. The molecular formula is C13H15ClFNO3. The van der Waals surface area contributed by atoms with E-state index in [1.807, 2.05) is 0 Å². The Bertz CT molecular complexity index is 459. The standard InChI is InChI=1S/C13H15ClFNO3/c1-2-16(7-6-13(18)19)12(17)8-9-10(14)4-3-5-11(9)15/h3-5H,2,6-8H2,1H3,(H,18,19). The van der Waals surface area contributed by atoms with Crippen LogP contribution in [0.3, 0.4) is 0 Å². The van der Waals surface area contributed by atoms with Crippen LogP contribution in [-0.2, 0) is 16.0 Å². The van der Waals surface area contributed by atoms with Crippen molar-refractivity contribution in [1.82, 2.24) is 4.90 Å². The van der Waals surface area contributed by atoms with Crippen molar-refractivity contribution in [2.24, 2.45) is 0 Å². The summed E-state index contributed by atoms with van der Waals surface area (Å²) >= 11 is 5.84. The number of aliphatic carboxylic acids is 1. The van der Waals surface area contributed by atoms with Gasteiger partial charge in [-0.1, -0.05) is 17.7 Å². The zero-order chi connectivity index (χ0) is 14.4. The van der Waals surface area contributed by atoms with E-state index in [-0.39, 0.29) is 35.9 Å². The number of amides is 1. The molecule has 1 amide bonds. The van der Waals surface area contributed by atoms with E-state index in [0.29, 0.717) is 6.54 Å². The fourth-order valence-electron chi connectivity index (χ4n) is 1.65. The maximum atomic E-state index is 13.5. The summed E-state index contributed by atoms with van der Waals surface area (Å²) < 4.78 is 13.5. The van der Waals surface area contributed by atoms with Crippen molar-refractivity contribution >= 4 is 23.5 Å². The fourth-order valence-corrected chi connectivity index (χ4v) is 1.88. The number of rotatable bonds is 6. The molecule has 1 rings (SSSR count). The van der Waals surface area contributed by atoms with Crippen LogP contribution in [-0.4, -0.2) is 35.0 Å². The zero-order valence-electron chi connectivity index (χ0n) is 10.5. The van der Waals surface area contributed by atoms with E-state index in [4.69, 9.17) is 16.7 Å². The molecule has 1 aromatic rings. The lowest BCUT2D eigenvalue weighted by Gasteiger charge is -2.20. The highest BCUT2D eigenvalue weighted by molar-refractivity contribution is 6.31. The molecule has 0 heterocycles. The van der Waals surface area contributed by atoms with Gasteiger partial charge in [-0.05, 0) is 19.1 Å². The minimum atomic E-state index is -0.977. The van der Waals surface area contributed by atoms with Crippen molar-refractivity contribution in [3.8, 4) is 0 Å². The normalized spacial score (nSPS) is 10.3. The van der Waals surface area contributed by atoms with Crippen molar-refractivity contribution in [1.29, 1.82) is 0 Å². The summed E-state index contributed by atoms with van der Waals surface area (Å²) in [6.07, 6.45) is -0.302. The van der Waals surface area contributed by atoms with Gasteiger partial charge in [0.05, 0.1) is 12.8 Å². The Morgan fingerprint density at radius 3 is 2.63 bits per heavy atom. The number of carbonyl (C=O) groups is 2. The van der Waals surface area contributed by atoms with E-state index in [1.165, 1.54) is 23.1 Å². The van der Waals surface area contributed by atoms with Gasteiger partial charge in [-0.2, -0.15) is 0 Å². The van der Waals surface area contributed by atoms with Gasteiger partial charge in [0.1, 0.15) is 5.82 Å². The van der Waals surface area contributed by atoms with Gasteiger partial charge in [0.2, 0.25) is 5.91 Å². The van der Waals surface area contributed by atoms with E-state index in [2.05, 4.69) is 0 Å². The van der Waals surface area contributed by atoms with Gasteiger partial charge >= 0.3 is 5.97 Å². The van der Waals surface area contributed by atoms with Crippen LogP contribution in [0.2, 0.25) is 5.02 Å². The maximum absolute atomic E-state index is 13.5. The van der Waals surface area contributed by atoms with Gasteiger partial charge in [0, 0.05) is 23.7 Å². The first-order chi connectivity index (χ1) is 8.95. The molecule has 0 bridgehead atoms.